The first-order valence-electron chi connectivity index (χ1n) is 14.9. The van der Waals surface area contributed by atoms with Crippen molar-refractivity contribution in [3.63, 3.8) is 0 Å². The average molecular weight is 476 g/mol. The molecule has 0 spiro atoms. The van der Waals surface area contributed by atoms with Gasteiger partial charge in [0.15, 0.2) is 0 Å². The Hall–Kier alpha value is -2.41. The molecular formula is C35H41N. The lowest BCUT2D eigenvalue weighted by atomic mass is 9.70. The Kier molecular flexibility index (Phi) is 5.60. The highest BCUT2D eigenvalue weighted by Gasteiger charge is 2.30. The van der Waals surface area contributed by atoms with E-state index in [2.05, 4.69) is 62.4 Å². The van der Waals surface area contributed by atoms with E-state index < -0.39 is 0 Å². The van der Waals surface area contributed by atoms with Crippen LogP contribution < -0.4 is 0 Å². The Morgan fingerprint density at radius 2 is 1.33 bits per heavy atom. The predicted octanol–water partition coefficient (Wildman–Crippen LogP) is 10.3. The van der Waals surface area contributed by atoms with Crippen LogP contribution in [0.15, 0.2) is 53.5 Å². The van der Waals surface area contributed by atoms with E-state index in [9.17, 15) is 0 Å². The van der Waals surface area contributed by atoms with Gasteiger partial charge in [0, 0.05) is 16.5 Å². The molecule has 3 aromatic rings. The first-order chi connectivity index (χ1) is 17.6. The molecule has 0 N–H and O–H groups in total. The zero-order valence-electron chi connectivity index (χ0n) is 22.3. The third kappa shape index (κ3) is 3.94. The van der Waals surface area contributed by atoms with Crippen LogP contribution in [0.5, 0.6) is 0 Å². The molecule has 0 saturated heterocycles. The van der Waals surface area contributed by atoms with Gasteiger partial charge in [0.2, 0.25) is 0 Å². The van der Waals surface area contributed by atoms with Gasteiger partial charge in [0.25, 0.3) is 0 Å². The fourth-order valence-electron chi connectivity index (χ4n) is 7.97. The largest absolute Gasteiger partial charge is 0.247 e. The molecule has 1 nitrogen and oxygen atoms in total. The lowest BCUT2D eigenvalue weighted by Gasteiger charge is -2.35. The lowest BCUT2D eigenvalue weighted by molar-refractivity contribution is 0.225. The van der Waals surface area contributed by atoms with Crippen molar-refractivity contribution in [2.45, 2.75) is 109 Å². The van der Waals surface area contributed by atoms with Gasteiger partial charge in [-0.1, -0.05) is 69.9 Å². The summed E-state index contributed by atoms with van der Waals surface area (Å²) in [6.45, 7) is 4.88. The minimum Gasteiger partial charge on any atom is -0.247 e. The summed E-state index contributed by atoms with van der Waals surface area (Å²) in [6.07, 6.45) is 16.3. The maximum atomic E-state index is 5.33. The maximum Gasteiger partial charge on any atom is 0.0789 e. The van der Waals surface area contributed by atoms with Gasteiger partial charge >= 0.3 is 0 Å². The van der Waals surface area contributed by atoms with Crippen molar-refractivity contribution >= 4 is 22.2 Å². The van der Waals surface area contributed by atoms with Crippen molar-refractivity contribution in [1.29, 1.82) is 0 Å². The second kappa shape index (κ2) is 8.86. The molecule has 1 aliphatic heterocycles. The Bertz CT molecular complexity index is 1290. The summed E-state index contributed by atoms with van der Waals surface area (Å²) < 4.78 is 0. The van der Waals surface area contributed by atoms with Gasteiger partial charge in [-0.2, -0.15) is 0 Å². The van der Waals surface area contributed by atoms with Crippen molar-refractivity contribution in [2.75, 3.05) is 0 Å². The van der Waals surface area contributed by atoms with Crippen LogP contribution >= 0.6 is 0 Å². The molecule has 0 radical (unpaired) electrons. The lowest BCUT2D eigenvalue weighted by Crippen LogP contribution is -2.20. The molecule has 3 aliphatic carbocycles. The summed E-state index contributed by atoms with van der Waals surface area (Å²) in [4.78, 5) is 5.33. The highest BCUT2D eigenvalue weighted by molar-refractivity contribution is 6.26. The number of hydrogen-bond acceptors (Lipinski definition) is 1. The third-order valence-electron chi connectivity index (χ3n) is 10.2. The van der Waals surface area contributed by atoms with Crippen LogP contribution in [0.25, 0.3) is 10.8 Å². The highest BCUT2D eigenvalue weighted by Crippen LogP contribution is 2.47. The molecule has 0 unspecified atom stereocenters. The zero-order chi connectivity index (χ0) is 24.3. The van der Waals surface area contributed by atoms with E-state index >= 15 is 0 Å². The van der Waals surface area contributed by atoms with Crippen LogP contribution in [0.3, 0.4) is 0 Å². The van der Waals surface area contributed by atoms with E-state index in [0.29, 0.717) is 11.3 Å². The number of rotatable bonds is 4. The second-order valence-corrected chi connectivity index (χ2v) is 13.2. The van der Waals surface area contributed by atoms with Crippen molar-refractivity contribution in [1.82, 2.24) is 0 Å². The van der Waals surface area contributed by atoms with Crippen LogP contribution in [-0.4, -0.2) is 5.71 Å². The van der Waals surface area contributed by atoms with E-state index in [1.165, 1.54) is 110 Å². The molecule has 0 bridgehead atoms. The topological polar surface area (TPSA) is 12.4 Å². The molecule has 186 valence electrons. The van der Waals surface area contributed by atoms with Gasteiger partial charge < -0.3 is 0 Å². The number of benzene rings is 3. The van der Waals surface area contributed by atoms with Crippen molar-refractivity contribution < 1.29 is 0 Å². The summed E-state index contributed by atoms with van der Waals surface area (Å²) >= 11 is 0. The maximum absolute atomic E-state index is 5.33. The van der Waals surface area contributed by atoms with Gasteiger partial charge in [-0.3, -0.25) is 0 Å². The minimum atomic E-state index is 0.503. The van der Waals surface area contributed by atoms with E-state index in [-0.39, 0.29) is 0 Å². The second-order valence-electron chi connectivity index (χ2n) is 13.2. The predicted molar refractivity (Wildman–Crippen MR) is 153 cm³/mol. The molecule has 1 heterocycles. The molecule has 7 rings (SSSR count). The average Bonchev–Trinajstić information content (AvgIpc) is 3.67. The summed E-state index contributed by atoms with van der Waals surface area (Å²) in [5.74, 6) is 2.17. The number of aliphatic imine (C=N–C) groups is 1. The molecule has 0 atom stereocenters. The highest BCUT2D eigenvalue weighted by atomic mass is 14.8. The quantitative estimate of drug-likeness (QED) is 0.278. The van der Waals surface area contributed by atoms with Gasteiger partial charge in [-0.05, 0) is 115 Å². The molecule has 36 heavy (non-hydrogen) atoms. The van der Waals surface area contributed by atoms with Gasteiger partial charge in [0.1, 0.15) is 0 Å². The zero-order valence-corrected chi connectivity index (χ0v) is 22.3. The molecule has 0 aromatic heterocycles. The Labute approximate surface area is 217 Å². The van der Waals surface area contributed by atoms with Crippen LogP contribution in [0.4, 0.5) is 5.69 Å². The molecule has 3 aromatic carbocycles. The standard InChI is InChI=1S/C35H41N/c1-35(2)18-16-25(17-19-35)29-14-15-32-33-30(29)12-7-13-31(33)34(36-32)28-21-26(23-8-3-4-9-23)20-27(22-28)24-10-5-6-11-24/h7,12-15,20-25H,3-6,8-11,16-19H2,1-2H3. The Morgan fingerprint density at radius 3 is 1.97 bits per heavy atom. The molecule has 4 aliphatic rings. The van der Waals surface area contributed by atoms with Gasteiger partial charge in [-0.25, -0.2) is 4.99 Å². The van der Waals surface area contributed by atoms with Gasteiger partial charge in [-0.15, -0.1) is 0 Å². The van der Waals surface area contributed by atoms with Crippen LogP contribution in [0.2, 0.25) is 0 Å². The summed E-state index contributed by atoms with van der Waals surface area (Å²) in [6, 6.07) is 19.4. The van der Waals surface area contributed by atoms with E-state index in [0.717, 1.165) is 11.8 Å². The van der Waals surface area contributed by atoms with E-state index in [1.54, 1.807) is 16.7 Å². The smallest absolute Gasteiger partial charge is 0.0789 e. The molecular weight excluding hydrogens is 434 g/mol. The first-order valence-corrected chi connectivity index (χ1v) is 14.9. The molecule has 3 fully saturated rings. The van der Waals surface area contributed by atoms with E-state index in [1.807, 2.05) is 0 Å². The number of nitrogens with zero attached hydrogens (tertiary/aromatic N) is 1. The molecule has 0 amide bonds. The van der Waals surface area contributed by atoms with Crippen molar-refractivity contribution in [3.8, 4) is 0 Å². The van der Waals surface area contributed by atoms with Crippen LogP contribution in [0.1, 0.15) is 136 Å². The van der Waals surface area contributed by atoms with Crippen molar-refractivity contribution in [2.24, 2.45) is 10.4 Å². The van der Waals surface area contributed by atoms with Crippen LogP contribution in [-0.2, 0) is 0 Å². The fourth-order valence-corrected chi connectivity index (χ4v) is 7.97. The van der Waals surface area contributed by atoms with Gasteiger partial charge in [0.05, 0.1) is 11.4 Å². The first kappa shape index (κ1) is 22.8. The minimum absolute atomic E-state index is 0.503. The molecule has 1 heteroatoms. The van der Waals surface area contributed by atoms with Crippen molar-refractivity contribution in [3.05, 3.63) is 76.3 Å². The third-order valence-corrected chi connectivity index (χ3v) is 10.2. The Balaban J connectivity index is 1.30. The summed E-state index contributed by atoms with van der Waals surface area (Å²) in [7, 11) is 0. The summed E-state index contributed by atoms with van der Waals surface area (Å²) in [5.41, 5.74) is 10.4. The van der Waals surface area contributed by atoms with E-state index in [4.69, 9.17) is 4.99 Å². The summed E-state index contributed by atoms with van der Waals surface area (Å²) in [5, 5.41) is 2.86. The monoisotopic (exact) mass is 475 g/mol. The Morgan fingerprint density at radius 1 is 0.694 bits per heavy atom. The van der Waals surface area contributed by atoms with Crippen LogP contribution in [0, 0.1) is 5.41 Å². The normalized spacial score (nSPS) is 22.6. The SMILES string of the molecule is CC1(C)CCC(c2ccc3c4c(cccc24)C(c2cc(C4CCCC4)cc(C4CCCC4)c2)=N3)CC1. The number of hydrogen-bond donors (Lipinski definition) is 0. The fraction of sp³-hybridized carbons (Fsp3) is 0.514. The molecule has 3 saturated carbocycles.